The van der Waals surface area contributed by atoms with Gasteiger partial charge in [-0.15, -0.1) is 6.58 Å². The lowest BCUT2D eigenvalue weighted by molar-refractivity contribution is -0.147. The van der Waals surface area contributed by atoms with Crippen molar-refractivity contribution in [2.24, 2.45) is 5.41 Å². The average Bonchev–Trinajstić information content (AvgIpc) is 2.28. The van der Waals surface area contributed by atoms with Gasteiger partial charge in [0, 0.05) is 6.04 Å². The normalized spacial score (nSPS) is 13.3. The second-order valence-electron chi connectivity index (χ2n) is 5.72. The number of allylic oxidation sites excluding steroid dienone is 1. The summed E-state index contributed by atoms with van der Waals surface area (Å²) >= 11 is 0. The van der Waals surface area contributed by atoms with Gasteiger partial charge in [0.2, 0.25) is 0 Å². The van der Waals surface area contributed by atoms with E-state index < -0.39 is 11.4 Å². The zero-order valence-corrected chi connectivity index (χ0v) is 12.2. The largest absolute Gasteiger partial charge is 0.481 e. The molecule has 0 aromatic rings. The Hall–Kier alpha value is -0.830. The van der Waals surface area contributed by atoms with Crippen molar-refractivity contribution in [2.45, 2.75) is 65.3 Å². The van der Waals surface area contributed by atoms with Gasteiger partial charge < -0.3 is 10.4 Å². The van der Waals surface area contributed by atoms with Crippen molar-refractivity contribution in [1.82, 2.24) is 5.32 Å². The Morgan fingerprint density at radius 2 is 2.06 bits per heavy atom. The molecule has 0 aliphatic heterocycles. The SMILES string of the molecule is C=CCCCCCC(C)NCCC(C)(C)C(=O)O. The molecule has 0 radical (unpaired) electrons. The number of rotatable bonds is 11. The van der Waals surface area contributed by atoms with Gasteiger partial charge in [-0.1, -0.05) is 18.9 Å². The summed E-state index contributed by atoms with van der Waals surface area (Å²) in [7, 11) is 0. The first-order valence-electron chi connectivity index (χ1n) is 6.98. The standard InChI is InChI=1S/C15H29NO2/c1-5-6-7-8-9-10-13(2)16-12-11-15(3,4)14(17)18/h5,13,16H,1,6-12H2,2-4H3,(H,17,18). The van der Waals surface area contributed by atoms with Crippen molar-refractivity contribution in [3.05, 3.63) is 12.7 Å². The second-order valence-corrected chi connectivity index (χ2v) is 5.72. The minimum Gasteiger partial charge on any atom is -0.481 e. The molecule has 0 rings (SSSR count). The summed E-state index contributed by atoms with van der Waals surface area (Å²) in [5.74, 6) is -0.721. The minimum absolute atomic E-state index is 0.471. The molecule has 0 aromatic heterocycles. The van der Waals surface area contributed by atoms with Crippen LogP contribution in [0.4, 0.5) is 0 Å². The van der Waals surface area contributed by atoms with Gasteiger partial charge in [0.25, 0.3) is 0 Å². The molecule has 1 unspecified atom stereocenters. The van der Waals surface area contributed by atoms with Crippen LogP contribution < -0.4 is 5.32 Å². The number of carboxylic acid groups (broad SMARTS) is 1. The first-order valence-corrected chi connectivity index (χ1v) is 6.98. The van der Waals surface area contributed by atoms with Crippen LogP contribution in [0.25, 0.3) is 0 Å². The number of hydrogen-bond donors (Lipinski definition) is 2. The molecule has 0 fully saturated rings. The fourth-order valence-corrected chi connectivity index (χ4v) is 1.76. The quantitative estimate of drug-likeness (QED) is 0.438. The number of nitrogens with one attached hydrogen (secondary N) is 1. The Balaban J connectivity index is 3.56. The van der Waals surface area contributed by atoms with Crippen LogP contribution in [-0.4, -0.2) is 23.7 Å². The average molecular weight is 255 g/mol. The fourth-order valence-electron chi connectivity index (χ4n) is 1.76. The number of unbranched alkanes of at least 4 members (excludes halogenated alkanes) is 3. The van der Waals surface area contributed by atoms with E-state index in [2.05, 4.69) is 18.8 Å². The van der Waals surface area contributed by atoms with Gasteiger partial charge in [-0.25, -0.2) is 0 Å². The third-order valence-electron chi connectivity index (χ3n) is 3.37. The molecule has 1 atom stereocenters. The van der Waals surface area contributed by atoms with E-state index in [9.17, 15) is 4.79 Å². The van der Waals surface area contributed by atoms with Crippen LogP contribution in [0.5, 0.6) is 0 Å². The zero-order valence-electron chi connectivity index (χ0n) is 12.2. The molecule has 0 aromatic carbocycles. The zero-order chi connectivity index (χ0) is 14.0. The molecule has 0 heterocycles. The van der Waals surface area contributed by atoms with Crippen molar-refractivity contribution >= 4 is 5.97 Å². The summed E-state index contributed by atoms with van der Waals surface area (Å²) in [6.07, 6.45) is 8.60. The van der Waals surface area contributed by atoms with Crippen LogP contribution >= 0.6 is 0 Å². The molecule has 3 heteroatoms. The summed E-state index contributed by atoms with van der Waals surface area (Å²) in [6, 6.07) is 0.471. The Labute approximate surface area is 112 Å². The number of aliphatic carboxylic acids is 1. The lowest BCUT2D eigenvalue weighted by Gasteiger charge is -2.21. The highest BCUT2D eigenvalue weighted by Gasteiger charge is 2.26. The third-order valence-corrected chi connectivity index (χ3v) is 3.37. The third kappa shape index (κ3) is 8.29. The molecular formula is C15H29NO2. The molecule has 18 heavy (non-hydrogen) atoms. The topological polar surface area (TPSA) is 49.3 Å². The van der Waals surface area contributed by atoms with Gasteiger partial charge in [0.15, 0.2) is 0 Å². The van der Waals surface area contributed by atoms with Crippen LogP contribution in [0.1, 0.15) is 59.3 Å². The summed E-state index contributed by atoms with van der Waals surface area (Å²) < 4.78 is 0. The van der Waals surface area contributed by atoms with Crippen molar-refractivity contribution < 1.29 is 9.90 Å². The van der Waals surface area contributed by atoms with Gasteiger partial charge in [0.1, 0.15) is 0 Å². The van der Waals surface area contributed by atoms with Crippen LogP contribution in [-0.2, 0) is 4.79 Å². The summed E-state index contributed by atoms with van der Waals surface area (Å²) in [5, 5.41) is 12.4. The van der Waals surface area contributed by atoms with Gasteiger partial charge in [-0.2, -0.15) is 0 Å². The number of hydrogen-bond acceptors (Lipinski definition) is 2. The highest BCUT2D eigenvalue weighted by Crippen LogP contribution is 2.19. The molecule has 0 amide bonds. The van der Waals surface area contributed by atoms with Crippen molar-refractivity contribution in [3.8, 4) is 0 Å². The molecule has 0 saturated heterocycles. The Bertz CT molecular complexity index is 249. The Kier molecular flexibility index (Phi) is 8.73. The van der Waals surface area contributed by atoms with Gasteiger partial charge in [-0.3, -0.25) is 4.79 Å². The predicted octanol–water partition coefficient (Wildman–Crippen LogP) is 3.60. The first kappa shape index (κ1) is 17.2. The molecule has 0 aliphatic carbocycles. The van der Waals surface area contributed by atoms with E-state index in [0.717, 1.165) is 19.4 Å². The predicted molar refractivity (Wildman–Crippen MR) is 76.8 cm³/mol. The van der Waals surface area contributed by atoms with Crippen molar-refractivity contribution in [3.63, 3.8) is 0 Å². The number of carboxylic acids is 1. The highest BCUT2D eigenvalue weighted by atomic mass is 16.4. The van der Waals surface area contributed by atoms with Crippen LogP contribution in [0.15, 0.2) is 12.7 Å². The molecule has 0 aliphatic rings. The number of carbonyl (C=O) groups is 1. The highest BCUT2D eigenvalue weighted by molar-refractivity contribution is 5.73. The molecule has 0 bridgehead atoms. The smallest absolute Gasteiger partial charge is 0.309 e. The molecule has 0 spiro atoms. The van der Waals surface area contributed by atoms with Crippen LogP contribution in [0, 0.1) is 5.41 Å². The van der Waals surface area contributed by atoms with Crippen LogP contribution in [0.3, 0.4) is 0 Å². The molecule has 2 N–H and O–H groups in total. The summed E-state index contributed by atoms with van der Waals surface area (Å²) in [6.45, 7) is 10.2. The van der Waals surface area contributed by atoms with Crippen LogP contribution in [0.2, 0.25) is 0 Å². The van der Waals surface area contributed by atoms with E-state index >= 15 is 0 Å². The lowest BCUT2D eigenvalue weighted by atomic mass is 9.89. The van der Waals surface area contributed by atoms with Gasteiger partial charge >= 0.3 is 5.97 Å². The van der Waals surface area contributed by atoms with Crippen molar-refractivity contribution in [2.75, 3.05) is 6.54 Å². The van der Waals surface area contributed by atoms with Crippen molar-refractivity contribution in [1.29, 1.82) is 0 Å². The maximum absolute atomic E-state index is 10.9. The van der Waals surface area contributed by atoms with E-state index in [1.165, 1.54) is 19.3 Å². The van der Waals surface area contributed by atoms with Gasteiger partial charge in [-0.05, 0) is 53.0 Å². The molecule has 3 nitrogen and oxygen atoms in total. The lowest BCUT2D eigenvalue weighted by Crippen LogP contribution is -2.33. The summed E-state index contributed by atoms with van der Waals surface area (Å²) in [4.78, 5) is 10.9. The van der Waals surface area contributed by atoms with Gasteiger partial charge in [0.05, 0.1) is 5.41 Å². The summed E-state index contributed by atoms with van der Waals surface area (Å²) in [5.41, 5.74) is -0.628. The molecular weight excluding hydrogens is 226 g/mol. The maximum Gasteiger partial charge on any atom is 0.309 e. The first-order chi connectivity index (χ1) is 8.40. The van der Waals surface area contributed by atoms with E-state index in [-0.39, 0.29) is 0 Å². The Morgan fingerprint density at radius 1 is 1.39 bits per heavy atom. The Morgan fingerprint density at radius 3 is 2.61 bits per heavy atom. The fraction of sp³-hybridized carbons (Fsp3) is 0.800. The van der Waals surface area contributed by atoms with E-state index in [1.54, 1.807) is 13.8 Å². The van der Waals surface area contributed by atoms with E-state index in [4.69, 9.17) is 5.11 Å². The monoisotopic (exact) mass is 255 g/mol. The minimum atomic E-state index is -0.721. The molecule has 106 valence electrons. The molecule has 0 saturated carbocycles. The second kappa shape index (κ2) is 9.15. The maximum atomic E-state index is 10.9. The van der Waals surface area contributed by atoms with E-state index in [1.807, 2.05) is 6.08 Å². The van der Waals surface area contributed by atoms with E-state index in [0.29, 0.717) is 12.5 Å².